The molecule has 0 aromatic carbocycles. The molecule has 1 rings (SSSR count). The molecule has 20 heavy (non-hydrogen) atoms. The predicted molar refractivity (Wildman–Crippen MR) is 86.4 cm³/mol. The van der Waals surface area contributed by atoms with E-state index in [1.54, 1.807) is 4.57 Å². The normalized spacial score (nSPS) is 14.4. The van der Waals surface area contributed by atoms with Crippen LogP contribution in [0.5, 0.6) is 0 Å². The average Bonchev–Trinajstić information content (AvgIpc) is 2.76. The van der Waals surface area contributed by atoms with Gasteiger partial charge in [-0.15, -0.1) is 0 Å². The maximum Gasteiger partial charge on any atom is 0.214 e. The van der Waals surface area contributed by atoms with E-state index in [4.69, 9.17) is 0 Å². The second-order valence-electron chi connectivity index (χ2n) is 5.95. The molecule has 0 aliphatic carbocycles. The molecular weight excluding hydrogens is 319 g/mol. The molecule has 0 N–H and O–H groups in total. The first-order valence-corrected chi connectivity index (χ1v) is 8.73. The highest BCUT2D eigenvalue weighted by Crippen LogP contribution is 2.33. The van der Waals surface area contributed by atoms with Crippen molar-refractivity contribution in [2.45, 2.75) is 84.1 Å². The third-order valence-electron chi connectivity index (χ3n) is 4.10. The summed E-state index contributed by atoms with van der Waals surface area (Å²) in [6.07, 6.45) is 11.8. The van der Waals surface area contributed by atoms with Crippen LogP contribution in [0.1, 0.15) is 78.6 Å². The van der Waals surface area contributed by atoms with Crippen LogP contribution in [0.25, 0.3) is 0 Å². The number of aromatic nitrogens is 2. The summed E-state index contributed by atoms with van der Waals surface area (Å²) in [6.45, 7) is 6.57. The van der Waals surface area contributed by atoms with E-state index in [0.717, 1.165) is 32.1 Å². The molecule has 0 aliphatic rings. The van der Waals surface area contributed by atoms with Crippen LogP contribution in [0.3, 0.4) is 0 Å². The van der Waals surface area contributed by atoms with E-state index in [1.165, 1.54) is 31.9 Å². The van der Waals surface area contributed by atoms with Crippen LogP contribution in [0.15, 0.2) is 10.9 Å². The first-order chi connectivity index (χ1) is 9.55. The Morgan fingerprint density at radius 3 is 2.25 bits per heavy atom. The lowest BCUT2D eigenvalue weighted by Crippen LogP contribution is -2.31. The minimum atomic E-state index is -0.232. The van der Waals surface area contributed by atoms with Gasteiger partial charge < -0.3 is 0 Å². The van der Waals surface area contributed by atoms with Gasteiger partial charge in [-0.1, -0.05) is 58.8 Å². The molecule has 1 atom stereocenters. The van der Waals surface area contributed by atoms with Crippen molar-refractivity contribution in [3.8, 4) is 0 Å². The Morgan fingerprint density at radius 2 is 1.70 bits per heavy atom. The Balaban J connectivity index is 2.71. The molecular formula is C16H28BrFN2. The van der Waals surface area contributed by atoms with Gasteiger partial charge in [0, 0.05) is 5.54 Å². The lowest BCUT2D eigenvalue weighted by molar-refractivity contribution is 0.221. The zero-order valence-corrected chi connectivity index (χ0v) is 14.7. The van der Waals surface area contributed by atoms with Crippen molar-refractivity contribution in [1.82, 2.24) is 9.55 Å². The SMILES string of the molecule is CCCCCCCC(C)(CCCC)n1c(F)cnc1Br. The quantitative estimate of drug-likeness (QED) is 0.471. The molecule has 1 aromatic rings. The lowest BCUT2D eigenvalue weighted by Gasteiger charge is -2.32. The Bertz CT molecular complexity index is 372. The predicted octanol–water partition coefficient (Wildman–Crippen LogP) is 6.05. The van der Waals surface area contributed by atoms with Gasteiger partial charge >= 0.3 is 0 Å². The number of rotatable bonds is 10. The Kier molecular flexibility index (Phi) is 7.78. The van der Waals surface area contributed by atoms with Crippen LogP contribution in [0, 0.1) is 5.95 Å². The first-order valence-electron chi connectivity index (χ1n) is 7.94. The molecule has 0 radical (unpaired) electrons. The number of halogens is 2. The number of hydrogen-bond acceptors (Lipinski definition) is 1. The fourth-order valence-corrected chi connectivity index (χ4v) is 3.51. The molecule has 0 bridgehead atoms. The van der Waals surface area contributed by atoms with Crippen LogP contribution >= 0.6 is 15.9 Å². The van der Waals surface area contributed by atoms with E-state index in [0.29, 0.717) is 4.73 Å². The van der Waals surface area contributed by atoms with E-state index in [1.807, 2.05) is 0 Å². The summed E-state index contributed by atoms with van der Waals surface area (Å²) in [5, 5.41) is 0. The molecule has 2 nitrogen and oxygen atoms in total. The number of unbranched alkanes of at least 4 members (excludes halogenated alkanes) is 5. The third-order valence-corrected chi connectivity index (χ3v) is 4.66. The van der Waals surface area contributed by atoms with Crippen molar-refractivity contribution in [3.05, 3.63) is 16.9 Å². The molecule has 1 unspecified atom stereocenters. The van der Waals surface area contributed by atoms with Gasteiger partial charge in [-0.2, -0.15) is 4.39 Å². The van der Waals surface area contributed by atoms with Gasteiger partial charge in [0.2, 0.25) is 5.95 Å². The minimum Gasteiger partial charge on any atom is -0.290 e. The van der Waals surface area contributed by atoms with Gasteiger partial charge in [0.25, 0.3) is 0 Å². The summed E-state index contributed by atoms with van der Waals surface area (Å²) < 4.78 is 16.4. The van der Waals surface area contributed by atoms with Crippen molar-refractivity contribution in [1.29, 1.82) is 0 Å². The first kappa shape index (κ1) is 17.7. The summed E-state index contributed by atoms with van der Waals surface area (Å²) in [5.41, 5.74) is -0.165. The number of nitrogens with zero attached hydrogens (tertiary/aromatic N) is 2. The summed E-state index contributed by atoms with van der Waals surface area (Å²) in [7, 11) is 0. The topological polar surface area (TPSA) is 17.8 Å². The van der Waals surface area contributed by atoms with Gasteiger partial charge in [-0.05, 0) is 35.7 Å². The molecule has 1 aromatic heterocycles. The highest BCUT2D eigenvalue weighted by atomic mass is 79.9. The van der Waals surface area contributed by atoms with Crippen LogP contribution in [0.4, 0.5) is 4.39 Å². The van der Waals surface area contributed by atoms with Crippen LogP contribution in [-0.4, -0.2) is 9.55 Å². The summed E-state index contributed by atoms with van der Waals surface area (Å²) in [4.78, 5) is 4.05. The van der Waals surface area contributed by atoms with Gasteiger partial charge in [0.15, 0.2) is 4.73 Å². The second-order valence-corrected chi connectivity index (χ2v) is 6.66. The second kappa shape index (κ2) is 8.81. The van der Waals surface area contributed by atoms with E-state index in [2.05, 4.69) is 41.7 Å². The molecule has 0 fully saturated rings. The van der Waals surface area contributed by atoms with Gasteiger partial charge in [0.05, 0.1) is 6.20 Å². The van der Waals surface area contributed by atoms with Crippen molar-refractivity contribution < 1.29 is 4.39 Å². The minimum absolute atomic E-state index is 0.165. The standard InChI is InChI=1S/C16H28BrFN2/c1-4-6-8-9-10-12-16(3,11-7-5-2)20-14(18)13-19-15(20)17/h13H,4-12H2,1-3H3. The highest BCUT2D eigenvalue weighted by Gasteiger charge is 2.29. The van der Waals surface area contributed by atoms with E-state index >= 15 is 0 Å². The highest BCUT2D eigenvalue weighted by molar-refractivity contribution is 9.10. The largest absolute Gasteiger partial charge is 0.290 e. The van der Waals surface area contributed by atoms with Crippen LogP contribution < -0.4 is 0 Å². The Morgan fingerprint density at radius 1 is 1.10 bits per heavy atom. The molecule has 0 spiro atoms. The van der Waals surface area contributed by atoms with Gasteiger partial charge in [-0.25, -0.2) is 4.98 Å². The molecule has 116 valence electrons. The molecule has 4 heteroatoms. The number of imidazole rings is 1. The number of hydrogen-bond donors (Lipinski definition) is 0. The monoisotopic (exact) mass is 346 g/mol. The summed E-state index contributed by atoms with van der Waals surface area (Å²) in [5.74, 6) is -0.232. The fourth-order valence-electron chi connectivity index (χ4n) is 2.81. The smallest absolute Gasteiger partial charge is 0.214 e. The van der Waals surface area contributed by atoms with Gasteiger partial charge in [0.1, 0.15) is 0 Å². The van der Waals surface area contributed by atoms with Crippen LogP contribution in [-0.2, 0) is 5.54 Å². The molecule has 1 heterocycles. The molecule has 0 saturated carbocycles. The lowest BCUT2D eigenvalue weighted by atomic mass is 9.88. The third kappa shape index (κ3) is 4.87. The molecule has 0 amide bonds. The summed E-state index contributed by atoms with van der Waals surface area (Å²) in [6, 6.07) is 0. The average molecular weight is 347 g/mol. The van der Waals surface area contributed by atoms with E-state index < -0.39 is 0 Å². The van der Waals surface area contributed by atoms with Crippen LogP contribution in [0.2, 0.25) is 0 Å². The Hall–Kier alpha value is -0.380. The zero-order chi connectivity index (χ0) is 15.0. The maximum absolute atomic E-state index is 14.0. The van der Waals surface area contributed by atoms with Crippen molar-refractivity contribution >= 4 is 15.9 Å². The zero-order valence-electron chi connectivity index (χ0n) is 13.1. The fraction of sp³-hybridized carbons (Fsp3) is 0.812. The molecule has 0 saturated heterocycles. The summed E-state index contributed by atoms with van der Waals surface area (Å²) >= 11 is 3.39. The van der Waals surface area contributed by atoms with Crippen molar-refractivity contribution in [3.63, 3.8) is 0 Å². The Labute approximate surface area is 131 Å². The maximum atomic E-state index is 14.0. The van der Waals surface area contributed by atoms with Crippen molar-refractivity contribution in [2.75, 3.05) is 0 Å². The van der Waals surface area contributed by atoms with E-state index in [-0.39, 0.29) is 11.5 Å². The van der Waals surface area contributed by atoms with Gasteiger partial charge in [-0.3, -0.25) is 4.57 Å². The molecule has 0 aliphatic heterocycles. The van der Waals surface area contributed by atoms with Crippen molar-refractivity contribution in [2.24, 2.45) is 0 Å². The van der Waals surface area contributed by atoms with E-state index in [9.17, 15) is 4.39 Å².